The summed E-state index contributed by atoms with van der Waals surface area (Å²) in [5.74, 6) is 0.795. The number of nitrogens with zero attached hydrogens (tertiary/aromatic N) is 3. The molecule has 0 unspecified atom stereocenters. The van der Waals surface area contributed by atoms with Gasteiger partial charge < -0.3 is 19.4 Å². The highest BCUT2D eigenvalue weighted by Gasteiger charge is 2.35. The molecular weight excluding hydrogens is 468 g/mol. The highest BCUT2D eigenvalue weighted by molar-refractivity contribution is 6.03. The van der Waals surface area contributed by atoms with E-state index in [2.05, 4.69) is 15.5 Å². The highest BCUT2D eigenvalue weighted by Crippen LogP contribution is 2.28. The van der Waals surface area contributed by atoms with Crippen LogP contribution < -0.4 is 15.0 Å². The maximum atomic E-state index is 12.8. The maximum Gasteiger partial charge on any atom is 0.254 e. The van der Waals surface area contributed by atoms with Crippen molar-refractivity contribution in [3.8, 4) is 17.2 Å². The monoisotopic (exact) mass is 496 g/mol. The van der Waals surface area contributed by atoms with Gasteiger partial charge in [-0.1, -0.05) is 24.3 Å². The molecule has 37 heavy (non-hydrogen) atoms. The molecule has 1 atom stereocenters. The molecule has 0 saturated carbocycles. The number of benzene rings is 3. The summed E-state index contributed by atoms with van der Waals surface area (Å²) in [6.07, 6.45) is 0.189. The number of ether oxygens (including phenoxy) is 1. The number of aryl methyl sites for hydroxylation is 3. The predicted octanol–water partition coefficient (Wildman–Crippen LogP) is 5.23. The fraction of sp³-hybridized carbons (Fsp3) is 0.241. The third kappa shape index (κ3) is 5.38. The summed E-state index contributed by atoms with van der Waals surface area (Å²) < 4.78 is 11.5. The molecule has 1 saturated heterocycles. The molecule has 3 aromatic carbocycles. The predicted molar refractivity (Wildman–Crippen MR) is 140 cm³/mol. The van der Waals surface area contributed by atoms with E-state index in [0.717, 1.165) is 22.4 Å². The van der Waals surface area contributed by atoms with Crippen LogP contribution in [0.15, 0.2) is 71.1 Å². The molecule has 188 valence electrons. The Bertz CT molecular complexity index is 1440. The first-order chi connectivity index (χ1) is 17.9. The van der Waals surface area contributed by atoms with Crippen molar-refractivity contribution in [3.05, 3.63) is 89.3 Å². The van der Waals surface area contributed by atoms with Crippen molar-refractivity contribution in [2.24, 2.45) is 5.92 Å². The van der Waals surface area contributed by atoms with Crippen LogP contribution in [0.4, 0.5) is 11.4 Å². The van der Waals surface area contributed by atoms with Crippen LogP contribution in [0, 0.1) is 26.7 Å². The summed E-state index contributed by atoms with van der Waals surface area (Å²) in [6, 6.07) is 20.8. The molecule has 8 heteroatoms. The van der Waals surface area contributed by atoms with Crippen LogP contribution in [0.2, 0.25) is 0 Å². The molecule has 0 radical (unpaired) electrons. The maximum absolute atomic E-state index is 12.8. The molecule has 4 aromatic rings. The van der Waals surface area contributed by atoms with Gasteiger partial charge in [-0.05, 0) is 79.9 Å². The minimum Gasteiger partial charge on any atom is -0.484 e. The van der Waals surface area contributed by atoms with Crippen molar-refractivity contribution in [1.82, 2.24) is 10.2 Å². The van der Waals surface area contributed by atoms with Gasteiger partial charge in [-0.2, -0.15) is 0 Å². The summed E-state index contributed by atoms with van der Waals surface area (Å²) in [5.41, 5.74) is 5.69. The molecule has 1 N–H and O–H groups in total. The van der Waals surface area contributed by atoms with E-state index >= 15 is 0 Å². The number of nitrogens with one attached hydrogen (secondary N) is 1. The number of anilines is 2. The van der Waals surface area contributed by atoms with E-state index in [1.165, 1.54) is 5.56 Å². The van der Waals surface area contributed by atoms with Gasteiger partial charge in [0.15, 0.2) is 6.61 Å². The van der Waals surface area contributed by atoms with Gasteiger partial charge in [0.2, 0.25) is 17.7 Å². The van der Waals surface area contributed by atoms with Crippen molar-refractivity contribution in [2.45, 2.75) is 33.8 Å². The van der Waals surface area contributed by atoms with Crippen LogP contribution in [0.3, 0.4) is 0 Å². The van der Waals surface area contributed by atoms with E-state index in [-0.39, 0.29) is 24.8 Å². The lowest BCUT2D eigenvalue weighted by atomic mass is 10.1. The van der Waals surface area contributed by atoms with E-state index in [1.54, 1.807) is 29.2 Å². The first-order valence-corrected chi connectivity index (χ1v) is 12.2. The van der Waals surface area contributed by atoms with Gasteiger partial charge >= 0.3 is 0 Å². The van der Waals surface area contributed by atoms with Gasteiger partial charge in [-0.3, -0.25) is 9.59 Å². The molecule has 0 aliphatic carbocycles. The zero-order valence-corrected chi connectivity index (χ0v) is 21.0. The van der Waals surface area contributed by atoms with Crippen molar-refractivity contribution in [2.75, 3.05) is 16.8 Å². The van der Waals surface area contributed by atoms with Crippen LogP contribution in [0.5, 0.6) is 5.75 Å². The lowest BCUT2D eigenvalue weighted by molar-refractivity contribution is -0.122. The molecular formula is C29H28N4O4. The average molecular weight is 497 g/mol. The van der Waals surface area contributed by atoms with Crippen LogP contribution in [-0.4, -0.2) is 28.6 Å². The molecule has 1 aliphatic heterocycles. The summed E-state index contributed by atoms with van der Waals surface area (Å²) >= 11 is 0. The van der Waals surface area contributed by atoms with Gasteiger partial charge in [0.1, 0.15) is 5.75 Å². The smallest absolute Gasteiger partial charge is 0.254 e. The summed E-state index contributed by atoms with van der Waals surface area (Å²) in [6.45, 7) is 6.53. The van der Waals surface area contributed by atoms with E-state index in [9.17, 15) is 9.59 Å². The molecule has 1 fully saturated rings. The minimum absolute atomic E-state index is 0.0428. The molecule has 2 amide bonds. The van der Waals surface area contributed by atoms with Crippen molar-refractivity contribution < 1.29 is 18.7 Å². The first-order valence-electron chi connectivity index (χ1n) is 12.2. The molecule has 5 rings (SSSR count). The fourth-order valence-electron chi connectivity index (χ4n) is 4.28. The van der Waals surface area contributed by atoms with E-state index in [0.29, 0.717) is 29.8 Å². The number of rotatable bonds is 7. The molecule has 2 heterocycles. The lowest BCUT2D eigenvalue weighted by Crippen LogP contribution is -2.28. The molecule has 0 spiro atoms. The Kier molecular flexibility index (Phi) is 6.72. The average Bonchev–Trinajstić information content (AvgIpc) is 3.52. The van der Waals surface area contributed by atoms with Gasteiger partial charge in [-0.15, -0.1) is 10.2 Å². The molecule has 1 aromatic heterocycles. The minimum atomic E-state index is -0.412. The van der Waals surface area contributed by atoms with Gasteiger partial charge in [0.25, 0.3) is 5.89 Å². The highest BCUT2D eigenvalue weighted by atomic mass is 16.5. The number of hydrogen-bond donors (Lipinski definition) is 1. The number of hydrogen-bond acceptors (Lipinski definition) is 6. The van der Waals surface area contributed by atoms with E-state index < -0.39 is 5.92 Å². The first kappa shape index (κ1) is 24.2. The summed E-state index contributed by atoms with van der Waals surface area (Å²) in [7, 11) is 0. The standard InChI is InChI=1S/C29H28N4O4/c1-18-8-11-23(14-20(18)3)33-16-21(15-27(33)34)28(35)30-22-9-12-24(13-10-22)36-17-26-31-32-29(37-26)25-7-5-4-6-19(25)2/h4-14,21H,15-17H2,1-3H3,(H,30,35)/t21-/m1/s1. The Morgan fingerprint density at radius 2 is 1.78 bits per heavy atom. The number of carbonyl (C=O) groups excluding carboxylic acids is 2. The molecule has 0 bridgehead atoms. The van der Waals surface area contributed by atoms with Crippen LogP contribution >= 0.6 is 0 Å². The lowest BCUT2D eigenvalue weighted by Gasteiger charge is -2.18. The van der Waals surface area contributed by atoms with E-state index in [4.69, 9.17) is 9.15 Å². The van der Waals surface area contributed by atoms with Gasteiger partial charge in [0, 0.05) is 29.9 Å². The largest absolute Gasteiger partial charge is 0.484 e. The number of amides is 2. The van der Waals surface area contributed by atoms with Crippen LogP contribution in [0.1, 0.15) is 29.0 Å². The Morgan fingerprint density at radius 3 is 2.54 bits per heavy atom. The zero-order chi connectivity index (χ0) is 25.9. The topological polar surface area (TPSA) is 97.6 Å². The number of carbonyl (C=O) groups is 2. The Morgan fingerprint density at radius 1 is 1.00 bits per heavy atom. The van der Waals surface area contributed by atoms with Crippen LogP contribution in [0.25, 0.3) is 11.5 Å². The quantitative estimate of drug-likeness (QED) is 0.376. The summed E-state index contributed by atoms with van der Waals surface area (Å²) in [4.78, 5) is 27.1. The Balaban J connectivity index is 1.15. The van der Waals surface area contributed by atoms with Crippen molar-refractivity contribution >= 4 is 23.2 Å². The molecule has 1 aliphatic rings. The normalized spacial score (nSPS) is 15.2. The second-order valence-corrected chi connectivity index (χ2v) is 9.29. The second-order valence-electron chi connectivity index (χ2n) is 9.29. The van der Waals surface area contributed by atoms with Crippen LogP contribution in [-0.2, 0) is 16.2 Å². The number of aromatic nitrogens is 2. The van der Waals surface area contributed by atoms with E-state index in [1.807, 2.05) is 63.2 Å². The van der Waals surface area contributed by atoms with Crippen molar-refractivity contribution in [3.63, 3.8) is 0 Å². The summed E-state index contributed by atoms with van der Waals surface area (Å²) in [5, 5.41) is 11.1. The van der Waals surface area contributed by atoms with Gasteiger partial charge in [-0.25, -0.2) is 0 Å². The SMILES string of the molecule is Cc1ccc(N2C[C@H](C(=O)Nc3ccc(OCc4nnc(-c5ccccc5C)o4)cc3)CC2=O)cc1C. The van der Waals surface area contributed by atoms with Crippen molar-refractivity contribution in [1.29, 1.82) is 0 Å². The molecule has 8 nitrogen and oxygen atoms in total. The third-order valence-electron chi connectivity index (χ3n) is 6.62. The zero-order valence-electron chi connectivity index (χ0n) is 21.0. The fourth-order valence-corrected chi connectivity index (χ4v) is 4.28. The Hall–Kier alpha value is -4.46. The van der Waals surface area contributed by atoms with Gasteiger partial charge in [0.05, 0.1) is 5.92 Å². The third-order valence-corrected chi connectivity index (χ3v) is 6.62. The Labute approximate surface area is 215 Å². The second kappa shape index (κ2) is 10.3.